The summed E-state index contributed by atoms with van der Waals surface area (Å²) in [7, 11) is 0. The van der Waals surface area contributed by atoms with Crippen molar-refractivity contribution in [2.75, 3.05) is 6.54 Å². The number of aromatic amines is 1. The summed E-state index contributed by atoms with van der Waals surface area (Å²) in [4.78, 5) is 15.8. The Labute approximate surface area is 174 Å². The lowest BCUT2D eigenvalue weighted by molar-refractivity contribution is -0.141. The van der Waals surface area contributed by atoms with Gasteiger partial charge in [0.2, 0.25) is 0 Å². The highest BCUT2D eigenvalue weighted by Gasteiger charge is 2.36. The van der Waals surface area contributed by atoms with Crippen molar-refractivity contribution in [1.82, 2.24) is 20.1 Å². The predicted octanol–water partition coefficient (Wildman–Crippen LogP) is 5.00. The number of nitrogens with one attached hydrogen (secondary N) is 2. The van der Waals surface area contributed by atoms with Gasteiger partial charge in [0.25, 0.3) is 5.91 Å². The first-order valence-electron chi connectivity index (χ1n) is 9.10. The first-order chi connectivity index (χ1) is 14.3. The van der Waals surface area contributed by atoms with Gasteiger partial charge < -0.3 is 10.3 Å². The molecule has 2 aromatic heterocycles. The standard InChI is InChI=1S/C21H16ClF3N4O/c22-15-6-2-4-8-17(15)29-18(11-19(28-29)21(23,24)25)20(30)26-10-9-13-12-27-16-7-3-1-5-14(13)16/h1-8,11-12,27H,9-10H2,(H,26,30). The topological polar surface area (TPSA) is 62.7 Å². The molecule has 2 heterocycles. The summed E-state index contributed by atoms with van der Waals surface area (Å²) >= 11 is 6.11. The fraction of sp³-hybridized carbons (Fsp3) is 0.143. The quantitative estimate of drug-likeness (QED) is 0.466. The molecule has 2 N–H and O–H groups in total. The summed E-state index contributed by atoms with van der Waals surface area (Å²) in [6.07, 6.45) is -2.32. The highest BCUT2D eigenvalue weighted by Crippen LogP contribution is 2.31. The third-order valence-electron chi connectivity index (χ3n) is 4.67. The summed E-state index contributed by atoms with van der Waals surface area (Å²) in [5.41, 5.74) is 0.766. The predicted molar refractivity (Wildman–Crippen MR) is 108 cm³/mol. The molecule has 154 valence electrons. The molecule has 0 aliphatic carbocycles. The number of carbonyl (C=O) groups is 1. The third kappa shape index (κ3) is 3.91. The van der Waals surface area contributed by atoms with Gasteiger partial charge in [-0.05, 0) is 30.2 Å². The van der Waals surface area contributed by atoms with Crippen LogP contribution in [0.1, 0.15) is 21.7 Å². The Kier molecular flexibility index (Phi) is 5.26. The average molecular weight is 433 g/mol. The number of fused-ring (bicyclic) bond motifs is 1. The largest absolute Gasteiger partial charge is 0.435 e. The van der Waals surface area contributed by atoms with Crippen LogP contribution in [-0.2, 0) is 12.6 Å². The second-order valence-corrected chi connectivity index (χ2v) is 7.05. The molecule has 0 spiro atoms. The Balaban J connectivity index is 1.57. The molecule has 0 saturated heterocycles. The zero-order valence-corrected chi connectivity index (χ0v) is 16.3. The lowest BCUT2D eigenvalue weighted by Gasteiger charge is -2.09. The van der Waals surface area contributed by atoms with Crippen molar-refractivity contribution in [2.24, 2.45) is 0 Å². The molecule has 4 rings (SSSR count). The van der Waals surface area contributed by atoms with Gasteiger partial charge in [-0.2, -0.15) is 18.3 Å². The van der Waals surface area contributed by atoms with Gasteiger partial charge in [0.1, 0.15) is 5.69 Å². The van der Waals surface area contributed by atoms with Gasteiger partial charge in [-0.15, -0.1) is 0 Å². The summed E-state index contributed by atoms with van der Waals surface area (Å²) in [5.74, 6) is -0.669. The fourth-order valence-corrected chi connectivity index (χ4v) is 3.44. The van der Waals surface area contributed by atoms with E-state index in [1.807, 2.05) is 30.5 Å². The molecule has 0 unspecified atom stereocenters. The minimum atomic E-state index is -4.69. The number of alkyl halides is 3. The third-order valence-corrected chi connectivity index (χ3v) is 4.99. The molecule has 0 fully saturated rings. The second kappa shape index (κ2) is 7.87. The zero-order valence-electron chi connectivity index (χ0n) is 15.5. The molecule has 2 aromatic carbocycles. The number of aromatic nitrogens is 3. The van der Waals surface area contributed by atoms with E-state index in [2.05, 4.69) is 15.4 Å². The number of benzene rings is 2. The normalized spacial score (nSPS) is 11.7. The smallest absolute Gasteiger partial charge is 0.361 e. The van der Waals surface area contributed by atoms with Gasteiger partial charge in [-0.25, -0.2) is 4.68 Å². The molecule has 0 atom stereocenters. The first kappa shape index (κ1) is 20.0. The molecular weight excluding hydrogens is 417 g/mol. The van der Waals surface area contributed by atoms with Crippen molar-refractivity contribution in [3.63, 3.8) is 0 Å². The maximum absolute atomic E-state index is 13.2. The van der Waals surface area contributed by atoms with Crippen LogP contribution >= 0.6 is 11.6 Å². The monoisotopic (exact) mass is 432 g/mol. The SMILES string of the molecule is O=C(NCCc1c[nH]c2ccccc12)c1cc(C(F)(F)F)nn1-c1ccccc1Cl. The molecule has 0 aliphatic rings. The number of carbonyl (C=O) groups excluding carboxylic acids is 1. The van der Waals surface area contributed by atoms with Crippen molar-refractivity contribution in [3.8, 4) is 5.69 Å². The van der Waals surface area contributed by atoms with E-state index >= 15 is 0 Å². The highest BCUT2D eigenvalue weighted by atomic mass is 35.5. The molecule has 0 radical (unpaired) electrons. The minimum Gasteiger partial charge on any atom is -0.361 e. The molecule has 5 nitrogen and oxygen atoms in total. The number of hydrogen-bond donors (Lipinski definition) is 2. The number of rotatable bonds is 5. The van der Waals surface area contributed by atoms with E-state index in [0.29, 0.717) is 6.42 Å². The average Bonchev–Trinajstić information content (AvgIpc) is 3.33. The molecule has 0 aliphatic heterocycles. The van der Waals surface area contributed by atoms with Gasteiger partial charge >= 0.3 is 6.18 Å². The van der Waals surface area contributed by atoms with Crippen LogP contribution in [0.5, 0.6) is 0 Å². The Morgan fingerprint density at radius 3 is 2.63 bits per heavy atom. The molecular formula is C21H16ClF3N4O. The molecule has 0 saturated carbocycles. The lowest BCUT2D eigenvalue weighted by Crippen LogP contribution is -2.27. The Bertz CT molecular complexity index is 1210. The van der Waals surface area contributed by atoms with E-state index in [1.54, 1.807) is 12.1 Å². The van der Waals surface area contributed by atoms with Crippen LogP contribution in [0, 0.1) is 0 Å². The van der Waals surface area contributed by atoms with E-state index in [1.165, 1.54) is 12.1 Å². The lowest BCUT2D eigenvalue weighted by atomic mass is 10.1. The Morgan fingerprint density at radius 1 is 1.13 bits per heavy atom. The van der Waals surface area contributed by atoms with Crippen LogP contribution < -0.4 is 5.32 Å². The van der Waals surface area contributed by atoms with E-state index < -0.39 is 17.8 Å². The van der Waals surface area contributed by atoms with Crippen LogP contribution in [-0.4, -0.2) is 27.2 Å². The number of halogens is 4. The van der Waals surface area contributed by atoms with Gasteiger partial charge in [0.15, 0.2) is 5.69 Å². The van der Waals surface area contributed by atoms with Crippen LogP contribution in [0.15, 0.2) is 60.8 Å². The Morgan fingerprint density at radius 2 is 1.87 bits per heavy atom. The van der Waals surface area contributed by atoms with E-state index in [-0.39, 0.29) is 22.9 Å². The van der Waals surface area contributed by atoms with Crippen molar-refractivity contribution >= 4 is 28.4 Å². The molecule has 4 aromatic rings. The maximum Gasteiger partial charge on any atom is 0.435 e. The van der Waals surface area contributed by atoms with Crippen LogP contribution in [0.4, 0.5) is 13.2 Å². The zero-order chi connectivity index (χ0) is 21.3. The van der Waals surface area contributed by atoms with Crippen LogP contribution in [0.25, 0.3) is 16.6 Å². The number of amides is 1. The molecule has 1 amide bonds. The van der Waals surface area contributed by atoms with Crippen LogP contribution in [0.3, 0.4) is 0 Å². The van der Waals surface area contributed by atoms with Crippen molar-refractivity contribution in [2.45, 2.75) is 12.6 Å². The maximum atomic E-state index is 13.2. The number of para-hydroxylation sites is 2. The van der Waals surface area contributed by atoms with Gasteiger partial charge in [0, 0.05) is 29.7 Å². The van der Waals surface area contributed by atoms with Gasteiger partial charge in [-0.1, -0.05) is 41.9 Å². The summed E-state index contributed by atoms with van der Waals surface area (Å²) in [5, 5.41) is 7.46. The molecule has 30 heavy (non-hydrogen) atoms. The first-order valence-corrected chi connectivity index (χ1v) is 9.48. The van der Waals surface area contributed by atoms with Crippen molar-refractivity contribution in [1.29, 1.82) is 0 Å². The van der Waals surface area contributed by atoms with E-state index in [4.69, 9.17) is 11.6 Å². The number of H-pyrrole nitrogens is 1. The molecule has 9 heteroatoms. The number of hydrogen-bond acceptors (Lipinski definition) is 2. The number of nitrogens with zero attached hydrogens (tertiary/aromatic N) is 2. The van der Waals surface area contributed by atoms with Crippen molar-refractivity contribution in [3.05, 3.63) is 82.8 Å². The fourth-order valence-electron chi connectivity index (χ4n) is 3.23. The molecule has 0 bridgehead atoms. The van der Waals surface area contributed by atoms with Crippen LogP contribution in [0.2, 0.25) is 5.02 Å². The second-order valence-electron chi connectivity index (χ2n) is 6.64. The summed E-state index contributed by atoms with van der Waals surface area (Å²) in [6, 6.07) is 14.7. The Hall–Kier alpha value is -3.26. The minimum absolute atomic E-state index is 0.183. The summed E-state index contributed by atoms with van der Waals surface area (Å²) in [6.45, 7) is 0.246. The van der Waals surface area contributed by atoms with Gasteiger partial charge in [0.05, 0.1) is 10.7 Å². The summed E-state index contributed by atoms with van der Waals surface area (Å²) < 4.78 is 40.5. The highest BCUT2D eigenvalue weighted by molar-refractivity contribution is 6.32. The van der Waals surface area contributed by atoms with E-state index in [0.717, 1.165) is 27.2 Å². The van der Waals surface area contributed by atoms with E-state index in [9.17, 15) is 18.0 Å². The van der Waals surface area contributed by atoms with Gasteiger partial charge in [-0.3, -0.25) is 4.79 Å². The van der Waals surface area contributed by atoms with Crippen molar-refractivity contribution < 1.29 is 18.0 Å².